The molecular formula is C12H7F2I. The van der Waals surface area contributed by atoms with Gasteiger partial charge in [-0.1, -0.05) is 24.3 Å². The van der Waals surface area contributed by atoms with Gasteiger partial charge in [0.25, 0.3) is 0 Å². The van der Waals surface area contributed by atoms with E-state index >= 15 is 0 Å². The van der Waals surface area contributed by atoms with Gasteiger partial charge in [-0.3, -0.25) is 0 Å². The molecule has 0 N–H and O–H groups in total. The van der Waals surface area contributed by atoms with Gasteiger partial charge in [0.05, 0.1) is 5.56 Å². The van der Waals surface area contributed by atoms with Gasteiger partial charge in [-0.2, -0.15) is 0 Å². The fourth-order valence-corrected chi connectivity index (χ4v) is 2.08. The molecule has 0 spiro atoms. The summed E-state index contributed by atoms with van der Waals surface area (Å²) in [6.45, 7) is 0. The largest absolute Gasteiger partial charge is 0.206 e. The molecule has 0 aliphatic rings. The van der Waals surface area contributed by atoms with E-state index in [9.17, 15) is 8.78 Å². The minimum atomic E-state index is -0.529. The van der Waals surface area contributed by atoms with E-state index in [1.165, 1.54) is 18.2 Å². The quantitative estimate of drug-likeness (QED) is 0.691. The van der Waals surface area contributed by atoms with Crippen LogP contribution in [0.3, 0.4) is 0 Å². The van der Waals surface area contributed by atoms with Crippen molar-refractivity contribution in [1.29, 1.82) is 0 Å². The van der Waals surface area contributed by atoms with Gasteiger partial charge in [-0.25, -0.2) is 8.78 Å². The average Bonchev–Trinajstić information content (AvgIpc) is 2.20. The van der Waals surface area contributed by atoms with E-state index in [0.717, 1.165) is 3.57 Å². The van der Waals surface area contributed by atoms with E-state index in [1.807, 2.05) is 12.1 Å². The lowest BCUT2D eigenvalue weighted by atomic mass is 10.0. The second-order valence-corrected chi connectivity index (χ2v) is 4.24. The van der Waals surface area contributed by atoms with Gasteiger partial charge < -0.3 is 0 Å². The number of halogens is 3. The second kappa shape index (κ2) is 4.26. The minimum Gasteiger partial charge on any atom is -0.206 e. The summed E-state index contributed by atoms with van der Waals surface area (Å²) >= 11 is 2.06. The number of benzene rings is 2. The molecule has 0 aromatic heterocycles. The van der Waals surface area contributed by atoms with Crippen molar-refractivity contribution in [3.05, 3.63) is 57.7 Å². The number of hydrogen-bond acceptors (Lipinski definition) is 0. The highest BCUT2D eigenvalue weighted by atomic mass is 127. The van der Waals surface area contributed by atoms with Gasteiger partial charge in [0.15, 0.2) is 0 Å². The van der Waals surface area contributed by atoms with Gasteiger partial charge in [0, 0.05) is 9.13 Å². The van der Waals surface area contributed by atoms with Crippen LogP contribution in [-0.2, 0) is 0 Å². The van der Waals surface area contributed by atoms with Gasteiger partial charge >= 0.3 is 0 Å². The average molecular weight is 316 g/mol. The van der Waals surface area contributed by atoms with Crippen molar-refractivity contribution >= 4 is 22.6 Å². The summed E-state index contributed by atoms with van der Waals surface area (Å²) in [6, 6.07) is 11.0. The third kappa shape index (κ3) is 2.02. The summed E-state index contributed by atoms with van der Waals surface area (Å²) in [5.41, 5.74) is 0.635. The maximum Gasteiger partial charge on any atom is 0.134 e. The molecule has 0 heterocycles. The monoisotopic (exact) mass is 316 g/mol. The molecule has 2 aromatic carbocycles. The van der Waals surface area contributed by atoms with Gasteiger partial charge in [-0.15, -0.1) is 0 Å². The summed E-state index contributed by atoms with van der Waals surface area (Å²) in [5, 5.41) is 0. The Morgan fingerprint density at radius 2 is 1.40 bits per heavy atom. The van der Waals surface area contributed by atoms with Gasteiger partial charge in [0.1, 0.15) is 11.6 Å². The Morgan fingerprint density at radius 1 is 0.800 bits per heavy atom. The van der Waals surface area contributed by atoms with Crippen molar-refractivity contribution in [3.8, 4) is 11.1 Å². The Hall–Kier alpha value is -0.970. The summed E-state index contributed by atoms with van der Waals surface area (Å²) in [6.07, 6.45) is 0. The van der Waals surface area contributed by atoms with Crippen LogP contribution in [0.2, 0.25) is 0 Å². The molecule has 0 amide bonds. The highest BCUT2D eigenvalue weighted by molar-refractivity contribution is 14.1. The molecule has 0 saturated heterocycles. The first-order valence-corrected chi connectivity index (χ1v) is 5.47. The Bertz CT molecular complexity index is 474. The van der Waals surface area contributed by atoms with Crippen LogP contribution in [0, 0.1) is 15.2 Å². The van der Waals surface area contributed by atoms with E-state index in [0.29, 0.717) is 5.56 Å². The van der Waals surface area contributed by atoms with Crippen molar-refractivity contribution in [3.63, 3.8) is 0 Å². The molecule has 0 nitrogen and oxygen atoms in total. The van der Waals surface area contributed by atoms with Gasteiger partial charge in [0.2, 0.25) is 0 Å². The third-order valence-electron chi connectivity index (χ3n) is 2.11. The predicted molar refractivity (Wildman–Crippen MR) is 64.5 cm³/mol. The molecule has 15 heavy (non-hydrogen) atoms. The normalized spacial score (nSPS) is 10.3. The smallest absolute Gasteiger partial charge is 0.134 e. The molecule has 0 unspecified atom stereocenters. The molecule has 0 aliphatic heterocycles. The fraction of sp³-hybridized carbons (Fsp3) is 0. The van der Waals surface area contributed by atoms with Crippen LogP contribution in [0.15, 0.2) is 42.5 Å². The van der Waals surface area contributed by atoms with E-state index in [1.54, 1.807) is 12.1 Å². The fourth-order valence-electron chi connectivity index (χ4n) is 1.42. The van der Waals surface area contributed by atoms with Crippen LogP contribution in [0.5, 0.6) is 0 Å². The van der Waals surface area contributed by atoms with Crippen LogP contribution in [-0.4, -0.2) is 0 Å². The first kappa shape index (κ1) is 10.5. The third-order valence-corrected chi connectivity index (χ3v) is 3.05. The highest BCUT2D eigenvalue weighted by Crippen LogP contribution is 2.29. The molecule has 0 saturated carbocycles. The second-order valence-electron chi connectivity index (χ2n) is 3.08. The Balaban J connectivity index is 2.69. The number of hydrogen-bond donors (Lipinski definition) is 0. The molecule has 76 valence electrons. The summed E-state index contributed by atoms with van der Waals surface area (Å²) in [5.74, 6) is -1.06. The standard InChI is InChI=1S/C12H7F2I/c13-9-5-3-6-10(14)12(9)8-4-1-2-7-11(8)15/h1-7H. The Kier molecular flexibility index (Phi) is 3.00. The molecule has 2 rings (SSSR count). The molecule has 0 atom stereocenters. The molecule has 0 bridgehead atoms. The van der Waals surface area contributed by atoms with Crippen molar-refractivity contribution < 1.29 is 8.78 Å². The lowest BCUT2D eigenvalue weighted by molar-refractivity contribution is 0.589. The van der Waals surface area contributed by atoms with Crippen LogP contribution >= 0.6 is 22.6 Å². The van der Waals surface area contributed by atoms with Crippen LogP contribution in [0.4, 0.5) is 8.78 Å². The number of rotatable bonds is 1. The molecule has 0 fully saturated rings. The topological polar surface area (TPSA) is 0 Å². The predicted octanol–water partition coefficient (Wildman–Crippen LogP) is 4.24. The zero-order valence-corrected chi connectivity index (χ0v) is 9.83. The van der Waals surface area contributed by atoms with Gasteiger partial charge in [-0.05, 0) is 40.8 Å². The minimum absolute atomic E-state index is 0.0440. The zero-order valence-electron chi connectivity index (χ0n) is 7.68. The van der Waals surface area contributed by atoms with Crippen LogP contribution in [0.1, 0.15) is 0 Å². The van der Waals surface area contributed by atoms with E-state index in [2.05, 4.69) is 22.6 Å². The lowest BCUT2D eigenvalue weighted by Gasteiger charge is -2.06. The maximum atomic E-state index is 13.5. The van der Waals surface area contributed by atoms with Crippen molar-refractivity contribution in [2.75, 3.05) is 0 Å². The van der Waals surface area contributed by atoms with Crippen LogP contribution < -0.4 is 0 Å². The van der Waals surface area contributed by atoms with Crippen molar-refractivity contribution in [2.45, 2.75) is 0 Å². The molecule has 3 heteroatoms. The lowest BCUT2D eigenvalue weighted by Crippen LogP contribution is -1.91. The Morgan fingerprint density at radius 3 is 2.00 bits per heavy atom. The summed E-state index contributed by atoms with van der Waals surface area (Å²) in [4.78, 5) is 0. The summed E-state index contributed by atoms with van der Waals surface area (Å²) < 4.78 is 27.8. The van der Waals surface area contributed by atoms with E-state index < -0.39 is 11.6 Å². The highest BCUT2D eigenvalue weighted by Gasteiger charge is 2.12. The van der Waals surface area contributed by atoms with Crippen LogP contribution in [0.25, 0.3) is 11.1 Å². The van der Waals surface area contributed by atoms with Crippen molar-refractivity contribution in [1.82, 2.24) is 0 Å². The SMILES string of the molecule is Fc1cccc(F)c1-c1ccccc1I. The Labute approximate surface area is 100 Å². The van der Waals surface area contributed by atoms with E-state index in [-0.39, 0.29) is 5.56 Å². The maximum absolute atomic E-state index is 13.5. The molecule has 0 aliphatic carbocycles. The molecule has 2 aromatic rings. The summed E-state index contributed by atoms with van der Waals surface area (Å²) in [7, 11) is 0. The van der Waals surface area contributed by atoms with Crippen molar-refractivity contribution in [2.24, 2.45) is 0 Å². The first-order valence-electron chi connectivity index (χ1n) is 4.39. The first-order chi connectivity index (χ1) is 7.20. The van der Waals surface area contributed by atoms with E-state index in [4.69, 9.17) is 0 Å². The zero-order chi connectivity index (χ0) is 10.8. The molecular weight excluding hydrogens is 309 g/mol. The molecule has 0 radical (unpaired) electrons.